The van der Waals surface area contributed by atoms with E-state index in [1.165, 1.54) is 12.8 Å². The van der Waals surface area contributed by atoms with Gasteiger partial charge in [-0.3, -0.25) is 0 Å². The smallest absolute Gasteiger partial charge is 0.105 e. The molecule has 0 nitrogen and oxygen atoms in total. The molecule has 3 atom stereocenters. The summed E-state index contributed by atoms with van der Waals surface area (Å²) in [5.41, 5.74) is 0. The van der Waals surface area contributed by atoms with E-state index in [0.717, 1.165) is 11.8 Å². The molecule has 0 aromatic carbocycles. The monoisotopic (exact) mass is 180 g/mol. The maximum Gasteiger partial charge on any atom is 0.110 e. The minimum atomic E-state index is -0.165. The predicted octanol–water partition coefficient (Wildman–Crippen LogP) is 3.47. The third kappa shape index (κ3) is 1.79. The van der Waals surface area contributed by atoms with Gasteiger partial charge in [0.2, 0.25) is 0 Å². The second-order valence-corrected chi connectivity index (χ2v) is 4.43. The Kier molecular flexibility index (Phi) is 2.88. The van der Waals surface area contributed by atoms with Crippen molar-refractivity contribution in [3.63, 3.8) is 0 Å². The third-order valence-electron chi connectivity index (χ3n) is 2.57. The molecule has 1 aliphatic rings. The van der Waals surface area contributed by atoms with Crippen LogP contribution in [-0.2, 0) is 0 Å². The van der Waals surface area contributed by atoms with Gasteiger partial charge in [-0.2, -0.15) is 0 Å². The van der Waals surface area contributed by atoms with E-state index in [1.807, 2.05) is 0 Å². The van der Waals surface area contributed by atoms with Crippen LogP contribution in [0.2, 0.25) is 0 Å². The molecule has 0 aromatic rings. The van der Waals surface area contributed by atoms with Gasteiger partial charge >= 0.3 is 0 Å². The summed E-state index contributed by atoms with van der Waals surface area (Å²) in [6.07, 6.45) is 2.63. The van der Waals surface area contributed by atoms with Gasteiger partial charge in [0.05, 0.1) is 0 Å². The Morgan fingerprint density at radius 1 is 1.50 bits per heavy atom. The van der Waals surface area contributed by atoms with E-state index in [4.69, 9.17) is 23.2 Å². The van der Waals surface area contributed by atoms with Gasteiger partial charge in [-0.25, -0.2) is 0 Å². The lowest BCUT2D eigenvalue weighted by Crippen LogP contribution is -2.07. The normalized spacial score (nSPS) is 34.5. The Balaban J connectivity index is 2.25. The Labute approximate surface area is 72.9 Å². The second kappa shape index (κ2) is 3.32. The standard InChI is InChI=1S/C8H14Cl2/c1-3-6-4-7(6)5(2)8(9)10/h5-8H,3-4H2,1-2H3/t5-,6-,7+/m1/s1. The summed E-state index contributed by atoms with van der Waals surface area (Å²) in [7, 11) is 0. The van der Waals surface area contributed by atoms with Crippen LogP contribution in [0, 0.1) is 17.8 Å². The highest BCUT2D eigenvalue weighted by Crippen LogP contribution is 2.48. The van der Waals surface area contributed by atoms with Crippen LogP contribution in [0.4, 0.5) is 0 Å². The highest BCUT2D eigenvalue weighted by molar-refractivity contribution is 6.44. The van der Waals surface area contributed by atoms with E-state index in [-0.39, 0.29) is 4.84 Å². The van der Waals surface area contributed by atoms with Crippen LogP contribution in [0.1, 0.15) is 26.7 Å². The Hall–Kier alpha value is 0.580. The molecule has 0 radical (unpaired) electrons. The van der Waals surface area contributed by atoms with Crippen molar-refractivity contribution in [2.75, 3.05) is 0 Å². The Morgan fingerprint density at radius 2 is 2.10 bits per heavy atom. The highest BCUT2D eigenvalue weighted by Gasteiger charge is 2.41. The summed E-state index contributed by atoms with van der Waals surface area (Å²) in [6, 6.07) is 0. The van der Waals surface area contributed by atoms with Crippen molar-refractivity contribution >= 4 is 23.2 Å². The maximum absolute atomic E-state index is 5.75. The average molecular weight is 181 g/mol. The van der Waals surface area contributed by atoms with Crippen LogP contribution >= 0.6 is 23.2 Å². The van der Waals surface area contributed by atoms with Gasteiger partial charge in [-0.05, 0) is 24.2 Å². The van der Waals surface area contributed by atoms with Crippen LogP contribution < -0.4 is 0 Å². The number of rotatable bonds is 3. The molecule has 0 bridgehead atoms. The topological polar surface area (TPSA) is 0 Å². The van der Waals surface area contributed by atoms with E-state index in [2.05, 4.69) is 13.8 Å². The summed E-state index contributed by atoms with van der Waals surface area (Å²) >= 11 is 11.5. The van der Waals surface area contributed by atoms with Crippen molar-refractivity contribution in [3.05, 3.63) is 0 Å². The minimum absolute atomic E-state index is 0.165. The molecule has 0 saturated heterocycles. The molecule has 1 aliphatic carbocycles. The zero-order chi connectivity index (χ0) is 7.72. The van der Waals surface area contributed by atoms with E-state index in [0.29, 0.717) is 5.92 Å². The molecule has 0 N–H and O–H groups in total. The van der Waals surface area contributed by atoms with Crippen LogP contribution in [0.25, 0.3) is 0 Å². The predicted molar refractivity (Wildman–Crippen MR) is 46.5 cm³/mol. The summed E-state index contributed by atoms with van der Waals surface area (Å²) in [6.45, 7) is 4.37. The fourth-order valence-electron chi connectivity index (χ4n) is 1.57. The summed E-state index contributed by atoms with van der Waals surface area (Å²) in [5.74, 6) is 2.22. The van der Waals surface area contributed by atoms with Gasteiger partial charge in [-0.1, -0.05) is 20.3 Å². The maximum atomic E-state index is 5.75. The first-order chi connectivity index (χ1) is 4.66. The molecule has 0 unspecified atom stereocenters. The fraction of sp³-hybridized carbons (Fsp3) is 1.00. The van der Waals surface area contributed by atoms with Crippen molar-refractivity contribution in [1.82, 2.24) is 0 Å². The summed E-state index contributed by atoms with van der Waals surface area (Å²) in [5, 5.41) is 0. The summed E-state index contributed by atoms with van der Waals surface area (Å²) in [4.78, 5) is -0.165. The van der Waals surface area contributed by atoms with Crippen LogP contribution in [0.3, 0.4) is 0 Å². The van der Waals surface area contributed by atoms with Gasteiger partial charge in [-0.15, -0.1) is 23.2 Å². The van der Waals surface area contributed by atoms with Gasteiger partial charge in [0, 0.05) is 0 Å². The first kappa shape index (κ1) is 8.67. The minimum Gasteiger partial charge on any atom is -0.105 e. The molecule has 60 valence electrons. The lowest BCUT2D eigenvalue weighted by molar-refractivity contribution is 0.498. The molecule has 0 aliphatic heterocycles. The van der Waals surface area contributed by atoms with Gasteiger partial charge in [0.15, 0.2) is 0 Å². The number of hydrogen-bond donors (Lipinski definition) is 0. The van der Waals surface area contributed by atoms with E-state index in [1.54, 1.807) is 0 Å². The molecular formula is C8H14Cl2. The number of halogens is 2. The first-order valence-corrected chi connectivity index (χ1v) is 4.82. The van der Waals surface area contributed by atoms with E-state index in [9.17, 15) is 0 Å². The highest BCUT2D eigenvalue weighted by atomic mass is 35.5. The van der Waals surface area contributed by atoms with Crippen LogP contribution in [0.15, 0.2) is 0 Å². The van der Waals surface area contributed by atoms with Crippen molar-refractivity contribution in [2.45, 2.75) is 31.5 Å². The zero-order valence-corrected chi connectivity index (χ0v) is 7.99. The molecule has 0 heterocycles. The average Bonchev–Trinajstić information content (AvgIpc) is 2.64. The molecule has 2 heteroatoms. The van der Waals surface area contributed by atoms with Crippen molar-refractivity contribution < 1.29 is 0 Å². The van der Waals surface area contributed by atoms with Gasteiger partial charge < -0.3 is 0 Å². The van der Waals surface area contributed by atoms with Crippen molar-refractivity contribution in [2.24, 2.45) is 17.8 Å². The van der Waals surface area contributed by atoms with Crippen molar-refractivity contribution in [1.29, 1.82) is 0 Å². The summed E-state index contributed by atoms with van der Waals surface area (Å²) < 4.78 is 0. The molecular weight excluding hydrogens is 167 g/mol. The van der Waals surface area contributed by atoms with E-state index < -0.39 is 0 Å². The first-order valence-electron chi connectivity index (χ1n) is 3.95. The fourth-order valence-corrected chi connectivity index (χ4v) is 1.94. The molecule has 1 rings (SSSR count). The van der Waals surface area contributed by atoms with E-state index >= 15 is 0 Å². The van der Waals surface area contributed by atoms with Crippen molar-refractivity contribution in [3.8, 4) is 0 Å². The molecule has 10 heavy (non-hydrogen) atoms. The Bertz CT molecular complexity index is 112. The van der Waals surface area contributed by atoms with Crippen LogP contribution in [0.5, 0.6) is 0 Å². The lowest BCUT2D eigenvalue weighted by atomic mass is 10.1. The molecule has 0 amide bonds. The zero-order valence-electron chi connectivity index (χ0n) is 6.48. The molecule has 1 fully saturated rings. The molecule has 0 aromatic heterocycles. The third-order valence-corrected chi connectivity index (χ3v) is 3.37. The number of alkyl halides is 2. The Morgan fingerprint density at radius 3 is 2.40 bits per heavy atom. The number of hydrogen-bond acceptors (Lipinski definition) is 0. The largest absolute Gasteiger partial charge is 0.110 e. The van der Waals surface area contributed by atoms with Gasteiger partial charge in [0.25, 0.3) is 0 Å². The van der Waals surface area contributed by atoms with Gasteiger partial charge in [0.1, 0.15) is 4.84 Å². The molecule has 0 spiro atoms. The second-order valence-electron chi connectivity index (χ2n) is 3.26. The van der Waals surface area contributed by atoms with Crippen LogP contribution in [-0.4, -0.2) is 4.84 Å². The quantitative estimate of drug-likeness (QED) is 0.584. The molecule has 1 saturated carbocycles. The lowest BCUT2D eigenvalue weighted by Gasteiger charge is -2.10. The SMILES string of the molecule is CC[C@@H]1C[C@H]1[C@@H](C)C(Cl)Cl.